The molecule has 0 aromatic carbocycles. The molecule has 0 saturated heterocycles. The third kappa shape index (κ3) is 2.19. The first-order valence-electron chi connectivity index (χ1n) is 6.24. The molecule has 0 radical (unpaired) electrons. The van der Waals surface area contributed by atoms with Crippen molar-refractivity contribution in [3.63, 3.8) is 0 Å². The Hall–Kier alpha value is -0.850. The molecule has 106 valence electrons. The predicted octanol–water partition coefficient (Wildman–Crippen LogP) is 4.25. The average molecular weight is 374 g/mol. The fourth-order valence-corrected chi connectivity index (χ4v) is 4.02. The number of aryl methyl sites for hydroxylation is 2. The third-order valence-electron chi connectivity index (χ3n) is 3.27. The van der Waals surface area contributed by atoms with Crippen molar-refractivity contribution in [1.29, 1.82) is 0 Å². The molecule has 0 fully saturated rings. The number of thiophene rings is 1. The number of hydrogen-bond acceptors (Lipinski definition) is 3. The summed E-state index contributed by atoms with van der Waals surface area (Å²) < 4.78 is 5.15. The van der Waals surface area contributed by atoms with Gasteiger partial charge in [0.05, 0.1) is 17.6 Å². The summed E-state index contributed by atoms with van der Waals surface area (Å²) in [5, 5.41) is 6.38. The van der Waals surface area contributed by atoms with Crippen molar-refractivity contribution in [2.24, 2.45) is 7.05 Å². The molecule has 4 nitrogen and oxygen atoms in total. The smallest absolute Gasteiger partial charge is 0.159 e. The second kappa shape index (κ2) is 5.16. The van der Waals surface area contributed by atoms with Gasteiger partial charge in [-0.3, -0.25) is 4.68 Å². The largest absolute Gasteiger partial charge is 0.306 e. The van der Waals surface area contributed by atoms with Crippen LogP contribution in [0.2, 0.25) is 0 Å². The molecule has 1 unspecified atom stereocenters. The molecule has 20 heavy (non-hydrogen) atoms. The van der Waals surface area contributed by atoms with Crippen molar-refractivity contribution in [3.8, 4) is 0 Å². The van der Waals surface area contributed by atoms with Gasteiger partial charge < -0.3 is 4.57 Å². The molecule has 7 heteroatoms. The lowest BCUT2D eigenvalue weighted by atomic mass is 10.4. The molecule has 0 saturated carbocycles. The van der Waals surface area contributed by atoms with E-state index < -0.39 is 0 Å². The van der Waals surface area contributed by atoms with Crippen molar-refractivity contribution >= 4 is 50.0 Å². The average Bonchev–Trinajstić information content (AvgIpc) is 3.01. The van der Waals surface area contributed by atoms with Crippen LogP contribution in [0, 0.1) is 6.92 Å². The number of nitrogens with zero attached hydrogens (tertiary/aromatic N) is 4. The van der Waals surface area contributed by atoms with E-state index in [4.69, 9.17) is 11.6 Å². The lowest BCUT2D eigenvalue weighted by Gasteiger charge is -2.10. The van der Waals surface area contributed by atoms with E-state index in [0.29, 0.717) is 0 Å². The van der Waals surface area contributed by atoms with Crippen LogP contribution in [0.5, 0.6) is 0 Å². The van der Waals surface area contributed by atoms with E-state index >= 15 is 0 Å². The van der Waals surface area contributed by atoms with Crippen molar-refractivity contribution in [1.82, 2.24) is 19.3 Å². The van der Waals surface area contributed by atoms with Crippen LogP contribution in [0.15, 0.2) is 15.9 Å². The fraction of sp³-hybridized carbons (Fsp3) is 0.385. The summed E-state index contributed by atoms with van der Waals surface area (Å²) in [5.41, 5.74) is 2.89. The highest BCUT2D eigenvalue weighted by Crippen LogP contribution is 2.30. The third-order valence-corrected chi connectivity index (χ3v) is 5.37. The molecule has 3 heterocycles. The quantitative estimate of drug-likeness (QED) is 0.643. The molecule has 0 spiro atoms. The van der Waals surface area contributed by atoms with Gasteiger partial charge in [0.1, 0.15) is 11.3 Å². The first kappa shape index (κ1) is 14.1. The van der Waals surface area contributed by atoms with Crippen LogP contribution in [-0.2, 0) is 13.6 Å². The summed E-state index contributed by atoms with van der Waals surface area (Å²) in [4.78, 5) is 5.93. The number of fused-ring (bicyclic) bond motifs is 1. The lowest BCUT2D eigenvalue weighted by Crippen LogP contribution is -2.08. The molecule has 0 N–H and O–H groups in total. The molecular formula is C13H14BrClN4S. The van der Waals surface area contributed by atoms with Crippen LogP contribution >= 0.6 is 38.9 Å². The maximum atomic E-state index is 6.30. The minimum Gasteiger partial charge on any atom is -0.306 e. The second-order valence-electron chi connectivity index (χ2n) is 4.75. The molecule has 3 rings (SSSR count). The van der Waals surface area contributed by atoms with Crippen LogP contribution in [0.1, 0.15) is 28.7 Å². The van der Waals surface area contributed by atoms with E-state index in [0.717, 1.165) is 33.7 Å². The number of alkyl halides is 1. The first-order chi connectivity index (χ1) is 9.49. The molecule has 0 bridgehead atoms. The number of rotatable bonds is 3. The predicted molar refractivity (Wildman–Crippen MR) is 86.6 cm³/mol. The molecule has 0 aliphatic heterocycles. The Bertz CT molecular complexity index is 771. The van der Waals surface area contributed by atoms with Gasteiger partial charge in [-0.15, -0.1) is 22.9 Å². The summed E-state index contributed by atoms with van der Waals surface area (Å²) >= 11 is 11.6. The summed E-state index contributed by atoms with van der Waals surface area (Å²) in [5.74, 6) is 0.887. The Morgan fingerprint density at radius 3 is 2.85 bits per heavy atom. The molecule has 1 atom stereocenters. The van der Waals surface area contributed by atoms with Gasteiger partial charge in [-0.25, -0.2) is 4.98 Å². The fourth-order valence-electron chi connectivity index (χ4n) is 2.39. The molecular weight excluding hydrogens is 360 g/mol. The van der Waals surface area contributed by atoms with Gasteiger partial charge in [-0.1, -0.05) is 0 Å². The van der Waals surface area contributed by atoms with E-state index in [1.165, 1.54) is 4.88 Å². The van der Waals surface area contributed by atoms with E-state index in [9.17, 15) is 0 Å². The van der Waals surface area contributed by atoms with Crippen molar-refractivity contribution in [3.05, 3.63) is 32.3 Å². The normalized spacial score (nSPS) is 13.2. The Morgan fingerprint density at radius 1 is 1.50 bits per heavy atom. The number of aromatic nitrogens is 4. The Morgan fingerprint density at radius 2 is 2.25 bits per heavy atom. The van der Waals surface area contributed by atoms with Gasteiger partial charge in [0.2, 0.25) is 0 Å². The summed E-state index contributed by atoms with van der Waals surface area (Å²) in [6, 6.07) is 2.06. The number of halogens is 2. The van der Waals surface area contributed by atoms with Crippen LogP contribution < -0.4 is 0 Å². The highest BCUT2D eigenvalue weighted by atomic mass is 79.9. The maximum absolute atomic E-state index is 6.30. The zero-order valence-electron chi connectivity index (χ0n) is 11.4. The zero-order valence-corrected chi connectivity index (χ0v) is 14.6. The highest BCUT2D eigenvalue weighted by Gasteiger charge is 2.21. The topological polar surface area (TPSA) is 35.6 Å². The lowest BCUT2D eigenvalue weighted by molar-refractivity contribution is 0.690. The maximum Gasteiger partial charge on any atom is 0.159 e. The van der Waals surface area contributed by atoms with E-state index in [2.05, 4.69) is 42.0 Å². The van der Waals surface area contributed by atoms with Gasteiger partial charge >= 0.3 is 0 Å². The van der Waals surface area contributed by atoms with Crippen LogP contribution in [0.25, 0.3) is 11.2 Å². The summed E-state index contributed by atoms with van der Waals surface area (Å²) in [6.45, 7) is 4.68. The van der Waals surface area contributed by atoms with Crippen molar-refractivity contribution in [2.75, 3.05) is 0 Å². The molecule has 3 aromatic rings. The van der Waals surface area contributed by atoms with E-state index in [-0.39, 0.29) is 5.38 Å². The Kier molecular flexibility index (Phi) is 3.64. The molecule has 0 amide bonds. The zero-order chi connectivity index (χ0) is 14.4. The minimum atomic E-state index is -0.138. The Balaban J connectivity index is 2.21. The van der Waals surface area contributed by atoms with Crippen molar-refractivity contribution < 1.29 is 0 Å². The molecule has 0 aliphatic rings. The monoisotopic (exact) mass is 372 g/mol. The van der Waals surface area contributed by atoms with E-state index in [1.54, 1.807) is 11.3 Å². The van der Waals surface area contributed by atoms with Crippen LogP contribution in [0.3, 0.4) is 0 Å². The standard InChI is InChI=1S/C13H14BrClN4S/c1-7(15)12-16-11-8(2)17-18(3)13(11)19(12)6-10-9(14)4-5-20-10/h4-5,7H,6H2,1-3H3. The van der Waals surface area contributed by atoms with Gasteiger partial charge in [0.25, 0.3) is 0 Å². The van der Waals surface area contributed by atoms with Crippen molar-refractivity contribution in [2.45, 2.75) is 25.8 Å². The Labute approximate surface area is 134 Å². The minimum absolute atomic E-state index is 0.138. The molecule has 0 aliphatic carbocycles. The van der Waals surface area contributed by atoms with Gasteiger partial charge in [-0.2, -0.15) is 5.10 Å². The van der Waals surface area contributed by atoms with Crippen LogP contribution in [-0.4, -0.2) is 19.3 Å². The first-order valence-corrected chi connectivity index (χ1v) is 8.35. The SMILES string of the molecule is Cc1nn(C)c2c1nc(C(C)Cl)n2Cc1sccc1Br. The second-order valence-corrected chi connectivity index (χ2v) is 7.25. The highest BCUT2D eigenvalue weighted by molar-refractivity contribution is 9.10. The van der Waals surface area contributed by atoms with Gasteiger partial charge in [0.15, 0.2) is 5.65 Å². The summed E-state index contributed by atoms with van der Waals surface area (Å²) in [6.07, 6.45) is 0. The number of hydrogen-bond donors (Lipinski definition) is 0. The van der Waals surface area contributed by atoms with Crippen LogP contribution in [0.4, 0.5) is 0 Å². The molecule has 3 aromatic heterocycles. The number of imidazole rings is 1. The summed E-state index contributed by atoms with van der Waals surface area (Å²) in [7, 11) is 1.94. The van der Waals surface area contributed by atoms with Gasteiger partial charge in [0, 0.05) is 16.4 Å². The van der Waals surface area contributed by atoms with E-state index in [1.807, 2.05) is 25.6 Å². The van der Waals surface area contributed by atoms with Gasteiger partial charge in [-0.05, 0) is 41.2 Å².